The molecule has 0 unspecified atom stereocenters. The van der Waals surface area contributed by atoms with E-state index >= 15 is 0 Å². The minimum atomic E-state index is 0.382. The Kier molecular flexibility index (Phi) is 6.31. The van der Waals surface area contributed by atoms with Gasteiger partial charge in [0.2, 0.25) is 5.95 Å². The Bertz CT molecular complexity index is 546. The molecule has 7 heteroatoms. The van der Waals surface area contributed by atoms with Crippen molar-refractivity contribution in [2.45, 2.75) is 25.7 Å². The second-order valence-electron chi connectivity index (χ2n) is 7.32. The van der Waals surface area contributed by atoms with E-state index in [1.54, 1.807) is 7.11 Å². The van der Waals surface area contributed by atoms with Crippen LogP contribution in [0.15, 0.2) is 6.07 Å². The topological polar surface area (TPSA) is 70.8 Å². The molecule has 3 heterocycles. The summed E-state index contributed by atoms with van der Waals surface area (Å²) < 4.78 is 5.19. The smallest absolute Gasteiger partial charge is 0.223 e. The van der Waals surface area contributed by atoms with E-state index in [-0.39, 0.29) is 0 Å². The van der Waals surface area contributed by atoms with Crippen molar-refractivity contribution >= 4 is 17.6 Å². The van der Waals surface area contributed by atoms with Gasteiger partial charge in [-0.15, -0.1) is 0 Å². The molecule has 2 N–H and O–H groups in total. The van der Waals surface area contributed by atoms with Crippen molar-refractivity contribution in [3.8, 4) is 0 Å². The van der Waals surface area contributed by atoms with Crippen molar-refractivity contribution in [3.05, 3.63) is 6.07 Å². The fourth-order valence-electron chi connectivity index (χ4n) is 3.82. The van der Waals surface area contributed by atoms with E-state index in [0.717, 1.165) is 63.9 Å². The van der Waals surface area contributed by atoms with Crippen LogP contribution in [0, 0.1) is 5.92 Å². The molecule has 3 rings (SSSR count). The zero-order chi connectivity index (χ0) is 17.6. The molecule has 2 saturated heterocycles. The van der Waals surface area contributed by atoms with Crippen LogP contribution in [-0.2, 0) is 4.74 Å². The molecule has 0 saturated carbocycles. The largest absolute Gasteiger partial charge is 0.385 e. The first-order valence-electron chi connectivity index (χ1n) is 9.47. The highest BCUT2D eigenvalue weighted by Gasteiger charge is 2.23. The number of nitrogen functional groups attached to an aromatic ring is 1. The Morgan fingerprint density at radius 2 is 1.84 bits per heavy atom. The van der Waals surface area contributed by atoms with Crippen LogP contribution in [0.4, 0.5) is 17.6 Å². The molecule has 0 radical (unpaired) electrons. The first kappa shape index (κ1) is 18.2. The van der Waals surface area contributed by atoms with Gasteiger partial charge in [-0.1, -0.05) is 0 Å². The first-order chi connectivity index (χ1) is 12.2. The molecule has 0 aliphatic carbocycles. The lowest BCUT2D eigenvalue weighted by Gasteiger charge is -2.36. The Morgan fingerprint density at radius 3 is 2.56 bits per heavy atom. The SMILES string of the molecule is COCCC[C@@H]1CCCN(c2cc(N3CCN(C)CC3)nc(N)n2)C1. The van der Waals surface area contributed by atoms with Crippen LogP contribution in [0.25, 0.3) is 0 Å². The van der Waals surface area contributed by atoms with Crippen molar-refractivity contribution < 1.29 is 4.74 Å². The summed E-state index contributed by atoms with van der Waals surface area (Å²) in [6.45, 7) is 7.07. The Labute approximate surface area is 151 Å². The summed E-state index contributed by atoms with van der Waals surface area (Å²) in [5.41, 5.74) is 6.03. The highest BCUT2D eigenvalue weighted by Crippen LogP contribution is 2.27. The van der Waals surface area contributed by atoms with E-state index in [2.05, 4.69) is 37.8 Å². The van der Waals surface area contributed by atoms with Gasteiger partial charge in [-0.3, -0.25) is 0 Å². The van der Waals surface area contributed by atoms with Gasteiger partial charge in [-0.2, -0.15) is 9.97 Å². The molecule has 1 aromatic heterocycles. The average Bonchev–Trinajstić information content (AvgIpc) is 2.62. The molecule has 0 spiro atoms. The van der Waals surface area contributed by atoms with Crippen molar-refractivity contribution in [2.75, 3.05) is 75.6 Å². The standard InChI is InChI=1S/C18H32N6O/c1-22-8-10-23(11-9-22)16-13-17(21-18(19)20-16)24-7-3-5-15(14-24)6-4-12-25-2/h13,15H,3-12,14H2,1-2H3,(H2,19,20,21)/t15-/m0/s1. The normalized spacial score (nSPS) is 22.4. The van der Waals surface area contributed by atoms with Gasteiger partial charge in [-0.05, 0) is 38.6 Å². The van der Waals surface area contributed by atoms with Gasteiger partial charge in [0.1, 0.15) is 11.6 Å². The fraction of sp³-hybridized carbons (Fsp3) is 0.778. The summed E-state index contributed by atoms with van der Waals surface area (Å²) in [7, 11) is 3.94. The zero-order valence-electron chi connectivity index (χ0n) is 15.7. The van der Waals surface area contributed by atoms with E-state index < -0.39 is 0 Å². The second-order valence-corrected chi connectivity index (χ2v) is 7.32. The third-order valence-electron chi connectivity index (χ3n) is 5.35. The minimum absolute atomic E-state index is 0.382. The summed E-state index contributed by atoms with van der Waals surface area (Å²) in [5, 5.41) is 0. The third-order valence-corrected chi connectivity index (χ3v) is 5.35. The van der Waals surface area contributed by atoms with Crippen molar-refractivity contribution in [2.24, 2.45) is 5.92 Å². The maximum absolute atomic E-state index is 6.03. The number of ether oxygens (including phenoxy) is 1. The van der Waals surface area contributed by atoms with Gasteiger partial charge in [0, 0.05) is 59.1 Å². The zero-order valence-corrected chi connectivity index (χ0v) is 15.7. The van der Waals surface area contributed by atoms with Gasteiger partial charge in [0.15, 0.2) is 0 Å². The molecule has 0 amide bonds. The number of hydrogen-bond acceptors (Lipinski definition) is 7. The van der Waals surface area contributed by atoms with Crippen LogP contribution >= 0.6 is 0 Å². The number of nitrogens with zero attached hydrogens (tertiary/aromatic N) is 5. The molecular weight excluding hydrogens is 316 g/mol. The molecule has 140 valence electrons. The molecule has 2 aliphatic heterocycles. The van der Waals surface area contributed by atoms with Crippen LogP contribution in [0.3, 0.4) is 0 Å². The number of aromatic nitrogens is 2. The van der Waals surface area contributed by atoms with Crippen molar-refractivity contribution in [3.63, 3.8) is 0 Å². The van der Waals surface area contributed by atoms with E-state index in [1.807, 2.05) is 0 Å². The lowest BCUT2D eigenvalue weighted by atomic mass is 9.93. The molecule has 2 aliphatic rings. The number of nitrogens with two attached hydrogens (primary N) is 1. The van der Waals surface area contributed by atoms with Gasteiger partial charge < -0.3 is 25.2 Å². The Hall–Kier alpha value is -1.60. The molecule has 25 heavy (non-hydrogen) atoms. The van der Waals surface area contributed by atoms with Gasteiger partial charge in [0.05, 0.1) is 0 Å². The van der Waals surface area contributed by atoms with Crippen LogP contribution < -0.4 is 15.5 Å². The number of piperazine rings is 1. The van der Waals surface area contributed by atoms with Gasteiger partial charge in [-0.25, -0.2) is 0 Å². The van der Waals surface area contributed by atoms with Crippen LogP contribution in [0.2, 0.25) is 0 Å². The summed E-state index contributed by atoms with van der Waals surface area (Å²) >= 11 is 0. The third kappa shape index (κ3) is 4.95. The molecule has 1 atom stereocenters. The monoisotopic (exact) mass is 348 g/mol. The Morgan fingerprint density at radius 1 is 1.12 bits per heavy atom. The van der Waals surface area contributed by atoms with E-state index in [9.17, 15) is 0 Å². The first-order valence-corrected chi connectivity index (χ1v) is 9.47. The summed E-state index contributed by atoms with van der Waals surface area (Å²) in [4.78, 5) is 16.1. The number of rotatable bonds is 6. The highest BCUT2D eigenvalue weighted by atomic mass is 16.5. The van der Waals surface area contributed by atoms with Gasteiger partial charge >= 0.3 is 0 Å². The minimum Gasteiger partial charge on any atom is -0.385 e. The van der Waals surface area contributed by atoms with Crippen LogP contribution in [0.5, 0.6) is 0 Å². The number of anilines is 3. The Balaban J connectivity index is 1.67. The number of methoxy groups -OCH3 is 1. The summed E-state index contributed by atoms with van der Waals surface area (Å²) in [6, 6.07) is 2.12. The quantitative estimate of drug-likeness (QED) is 0.780. The van der Waals surface area contributed by atoms with E-state index in [4.69, 9.17) is 10.5 Å². The summed E-state index contributed by atoms with van der Waals surface area (Å²) in [5.74, 6) is 3.05. The fourth-order valence-corrected chi connectivity index (χ4v) is 3.82. The summed E-state index contributed by atoms with van der Waals surface area (Å²) in [6.07, 6.45) is 4.86. The van der Waals surface area contributed by atoms with Crippen LogP contribution in [-0.4, -0.2) is 74.9 Å². The molecule has 1 aromatic rings. The van der Waals surface area contributed by atoms with Crippen molar-refractivity contribution in [1.82, 2.24) is 14.9 Å². The lowest BCUT2D eigenvalue weighted by Crippen LogP contribution is -2.45. The lowest BCUT2D eigenvalue weighted by molar-refractivity contribution is 0.184. The van der Waals surface area contributed by atoms with Gasteiger partial charge in [0.25, 0.3) is 0 Å². The molecule has 7 nitrogen and oxygen atoms in total. The van der Waals surface area contributed by atoms with E-state index in [1.165, 1.54) is 19.3 Å². The maximum atomic E-state index is 6.03. The highest BCUT2D eigenvalue weighted by molar-refractivity contribution is 5.54. The van der Waals surface area contributed by atoms with Crippen molar-refractivity contribution in [1.29, 1.82) is 0 Å². The average molecular weight is 348 g/mol. The predicted octanol–water partition coefficient (Wildman–Crippen LogP) is 1.45. The number of likely N-dealkylation sites (N-methyl/N-ethyl adjacent to an activating group) is 1. The molecule has 2 fully saturated rings. The maximum Gasteiger partial charge on any atom is 0.223 e. The molecule has 0 bridgehead atoms. The molecule has 0 aromatic carbocycles. The molecular formula is C18H32N6O. The second kappa shape index (κ2) is 8.67. The number of piperidine rings is 1. The van der Waals surface area contributed by atoms with Crippen LogP contribution in [0.1, 0.15) is 25.7 Å². The predicted molar refractivity (Wildman–Crippen MR) is 102 cm³/mol. The van der Waals surface area contributed by atoms with E-state index in [0.29, 0.717) is 11.9 Å². The number of hydrogen-bond donors (Lipinski definition) is 1.